The molecule has 1 rings (SSSR count). The summed E-state index contributed by atoms with van der Waals surface area (Å²) in [4.78, 5) is 4.08. The van der Waals surface area contributed by atoms with E-state index in [4.69, 9.17) is 16.3 Å². The van der Waals surface area contributed by atoms with E-state index in [1.807, 2.05) is 6.26 Å². The van der Waals surface area contributed by atoms with E-state index in [9.17, 15) is 0 Å². The zero-order valence-electron chi connectivity index (χ0n) is 6.30. The van der Waals surface area contributed by atoms with Gasteiger partial charge in [-0.25, -0.2) is 4.98 Å². The number of rotatable bonds is 2. The molecule has 0 radical (unpaired) electrons. The summed E-state index contributed by atoms with van der Waals surface area (Å²) < 4.78 is 5.05. The van der Waals surface area contributed by atoms with E-state index in [0.717, 1.165) is 5.03 Å². The van der Waals surface area contributed by atoms with Crippen LogP contribution in [0.15, 0.2) is 17.3 Å². The Labute approximate surface area is 74.9 Å². The summed E-state index contributed by atoms with van der Waals surface area (Å²) in [5.74, 6) is 0.654. The fourth-order valence-electron chi connectivity index (χ4n) is 0.737. The molecule has 0 fully saturated rings. The Morgan fingerprint density at radius 2 is 2.36 bits per heavy atom. The summed E-state index contributed by atoms with van der Waals surface area (Å²) >= 11 is 7.34. The maximum absolute atomic E-state index is 5.83. The van der Waals surface area contributed by atoms with Gasteiger partial charge in [-0.1, -0.05) is 11.6 Å². The average Bonchev–Trinajstić information content (AvgIpc) is 2.04. The van der Waals surface area contributed by atoms with Gasteiger partial charge >= 0.3 is 0 Å². The molecule has 0 N–H and O–H groups in total. The minimum atomic E-state index is 0.604. The molecule has 0 amide bonds. The first-order valence-corrected chi connectivity index (χ1v) is 4.62. The second-order valence-corrected chi connectivity index (χ2v) is 3.04. The third-order valence-electron chi connectivity index (χ3n) is 1.22. The standard InChI is InChI=1S/C7H8ClNOS/c1-10-6-5(8)3-4-9-7(6)11-2/h3-4H,1-2H3. The van der Waals surface area contributed by atoms with Crippen molar-refractivity contribution in [2.45, 2.75) is 5.03 Å². The van der Waals surface area contributed by atoms with Crippen molar-refractivity contribution in [1.82, 2.24) is 4.98 Å². The highest BCUT2D eigenvalue weighted by molar-refractivity contribution is 7.98. The number of thioether (sulfide) groups is 1. The van der Waals surface area contributed by atoms with Crippen LogP contribution in [-0.4, -0.2) is 18.3 Å². The van der Waals surface area contributed by atoms with Crippen LogP contribution in [0.5, 0.6) is 5.75 Å². The first-order valence-electron chi connectivity index (χ1n) is 3.02. The van der Waals surface area contributed by atoms with Gasteiger partial charge in [-0.15, -0.1) is 11.8 Å². The van der Waals surface area contributed by atoms with Gasteiger partial charge in [0.1, 0.15) is 5.03 Å². The third kappa shape index (κ3) is 1.79. The van der Waals surface area contributed by atoms with Gasteiger partial charge in [0, 0.05) is 6.20 Å². The maximum Gasteiger partial charge on any atom is 0.169 e. The monoisotopic (exact) mass is 189 g/mol. The molecule has 0 aliphatic rings. The Bertz CT molecular complexity index is 254. The van der Waals surface area contributed by atoms with Crippen molar-refractivity contribution in [1.29, 1.82) is 0 Å². The number of hydrogen-bond donors (Lipinski definition) is 0. The molecule has 0 aromatic carbocycles. The number of methoxy groups -OCH3 is 1. The van der Waals surface area contributed by atoms with Gasteiger partial charge in [-0.2, -0.15) is 0 Å². The van der Waals surface area contributed by atoms with Gasteiger partial charge in [0.25, 0.3) is 0 Å². The smallest absolute Gasteiger partial charge is 0.169 e. The van der Waals surface area contributed by atoms with Crippen LogP contribution in [0.1, 0.15) is 0 Å². The summed E-state index contributed by atoms with van der Waals surface area (Å²) in [6, 6.07) is 1.71. The fraction of sp³-hybridized carbons (Fsp3) is 0.286. The topological polar surface area (TPSA) is 22.1 Å². The summed E-state index contributed by atoms with van der Waals surface area (Å²) in [5.41, 5.74) is 0. The van der Waals surface area contributed by atoms with E-state index in [-0.39, 0.29) is 0 Å². The van der Waals surface area contributed by atoms with Crippen LogP contribution in [0, 0.1) is 0 Å². The predicted molar refractivity (Wildman–Crippen MR) is 47.6 cm³/mol. The third-order valence-corrected chi connectivity index (χ3v) is 2.20. The maximum atomic E-state index is 5.83. The van der Waals surface area contributed by atoms with E-state index in [1.54, 1.807) is 19.4 Å². The van der Waals surface area contributed by atoms with Crippen LogP contribution in [0.25, 0.3) is 0 Å². The number of nitrogens with zero attached hydrogens (tertiary/aromatic N) is 1. The minimum Gasteiger partial charge on any atom is -0.492 e. The van der Waals surface area contributed by atoms with Gasteiger partial charge in [0.2, 0.25) is 0 Å². The summed E-state index contributed by atoms with van der Waals surface area (Å²) in [6.45, 7) is 0. The largest absolute Gasteiger partial charge is 0.492 e. The highest BCUT2D eigenvalue weighted by Crippen LogP contribution is 2.31. The first kappa shape index (κ1) is 8.68. The van der Waals surface area contributed by atoms with Crippen molar-refractivity contribution in [2.24, 2.45) is 0 Å². The molecule has 0 aliphatic carbocycles. The van der Waals surface area contributed by atoms with Gasteiger partial charge in [-0.3, -0.25) is 0 Å². The molecule has 0 saturated heterocycles. The Morgan fingerprint density at radius 3 is 2.82 bits per heavy atom. The van der Waals surface area contributed by atoms with Crippen molar-refractivity contribution in [3.63, 3.8) is 0 Å². The molecule has 2 nitrogen and oxygen atoms in total. The predicted octanol–water partition coefficient (Wildman–Crippen LogP) is 2.47. The molecule has 4 heteroatoms. The molecule has 11 heavy (non-hydrogen) atoms. The van der Waals surface area contributed by atoms with Crippen molar-refractivity contribution in [3.8, 4) is 5.75 Å². The molecule has 0 aliphatic heterocycles. The molecule has 0 spiro atoms. The molecule has 60 valence electrons. The fourth-order valence-corrected chi connectivity index (χ4v) is 1.56. The minimum absolute atomic E-state index is 0.604. The average molecular weight is 190 g/mol. The lowest BCUT2D eigenvalue weighted by molar-refractivity contribution is 0.401. The highest BCUT2D eigenvalue weighted by atomic mass is 35.5. The first-order chi connectivity index (χ1) is 5.29. The zero-order chi connectivity index (χ0) is 8.27. The lowest BCUT2D eigenvalue weighted by Crippen LogP contribution is -1.89. The van der Waals surface area contributed by atoms with Crippen LogP contribution >= 0.6 is 23.4 Å². The van der Waals surface area contributed by atoms with Gasteiger partial charge in [0.15, 0.2) is 5.75 Å². The molecule has 0 saturated carbocycles. The molecule has 1 heterocycles. The second kappa shape index (κ2) is 3.83. The Balaban J connectivity index is 3.13. The van der Waals surface area contributed by atoms with Crippen LogP contribution in [0.2, 0.25) is 5.02 Å². The van der Waals surface area contributed by atoms with E-state index in [0.29, 0.717) is 10.8 Å². The van der Waals surface area contributed by atoms with E-state index < -0.39 is 0 Å². The van der Waals surface area contributed by atoms with Crippen molar-refractivity contribution < 1.29 is 4.74 Å². The van der Waals surface area contributed by atoms with Crippen molar-refractivity contribution in [3.05, 3.63) is 17.3 Å². The summed E-state index contributed by atoms with van der Waals surface area (Å²) in [5, 5.41) is 1.42. The molecule has 0 atom stereocenters. The number of pyridine rings is 1. The zero-order valence-corrected chi connectivity index (χ0v) is 7.87. The Kier molecular flexibility index (Phi) is 3.02. The van der Waals surface area contributed by atoms with Crippen LogP contribution in [0.4, 0.5) is 0 Å². The van der Waals surface area contributed by atoms with Gasteiger partial charge < -0.3 is 4.74 Å². The SMILES string of the molecule is COc1c(Cl)ccnc1SC. The lowest BCUT2D eigenvalue weighted by atomic mass is 10.4. The Morgan fingerprint density at radius 1 is 1.64 bits per heavy atom. The lowest BCUT2D eigenvalue weighted by Gasteiger charge is -2.05. The van der Waals surface area contributed by atoms with E-state index in [1.165, 1.54) is 11.8 Å². The molecule has 1 aromatic rings. The van der Waals surface area contributed by atoms with Crippen LogP contribution < -0.4 is 4.74 Å². The number of halogens is 1. The molecule has 0 bridgehead atoms. The van der Waals surface area contributed by atoms with Gasteiger partial charge in [0.05, 0.1) is 12.1 Å². The Hall–Kier alpha value is -0.410. The quantitative estimate of drug-likeness (QED) is 0.668. The normalized spacial score (nSPS) is 9.73. The number of ether oxygens (including phenoxy) is 1. The molecular weight excluding hydrogens is 182 g/mol. The van der Waals surface area contributed by atoms with Crippen LogP contribution in [-0.2, 0) is 0 Å². The van der Waals surface area contributed by atoms with Crippen molar-refractivity contribution in [2.75, 3.05) is 13.4 Å². The van der Waals surface area contributed by atoms with E-state index >= 15 is 0 Å². The molecule has 1 aromatic heterocycles. The summed E-state index contributed by atoms with van der Waals surface area (Å²) in [7, 11) is 1.59. The van der Waals surface area contributed by atoms with E-state index in [2.05, 4.69) is 4.98 Å². The second-order valence-electron chi connectivity index (χ2n) is 1.84. The summed E-state index contributed by atoms with van der Waals surface area (Å²) in [6.07, 6.45) is 3.60. The number of hydrogen-bond acceptors (Lipinski definition) is 3. The highest BCUT2D eigenvalue weighted by Gasteiger charge is 2.06. The van der Waals surface area contributed by atoms with Crippen molar-refractivity contribution >= 4 is 23.4 Å². The molecular formula is C7H8ClNOS. The molecule has 0 unspecified atom stereocenters. The number of aromatic nitrogens is 1. The van der Waals surface area contributed by atoms with Gasteiger partial charge in [-0.05, 0) is 12.3 Å². The van der Waals surface area contributed by atoms with Crippen LogP contribution in [0.3, 0.4) is 0 Å².